The molecule has 1 aromatic rings. The van der Waals surface area contributed by atoms with Crippen LogP contribution in [0.15, 0.2) is 18.3 Å². The second-order valence-electron chi connectivity index (χ2n) is 2.14. The Balaban J connectivity index is 3.14. The maximum absolute atomic E-state index is 12.1. The van der Waals surface area contributed by atoms with Gasteiger partial charge in [0.25, 0.3) is 0 Å². The van der Waals surface area contributed by atoms with E-state index in [4.69, 9.17) is 0 Å². The lowest BCUT2D eigenvalue weighted by molar-refractivity contribution is -0.139. The first kappa shape index (κ1) is 8.99. The average Bonchev–Trinajstić information content (AvgIpc) is 2.03. The van der Waals surface area contributed by atoms with E-state index in [9.17, 15) is 18.3 Å². The van der Waals surface area contributed by atoms with E-state index in [0.717, 1.165) is 12.1 Å². The highest BCUT2D eigenvalue weighted by Crippen LogP contribution is 2.30. The van der Waals surface area contributed by atoms with Gasteiger partial charge < -0.3 is 0 Å². The minimum atomic E-state index is -4.48. The molecule has 0 atom stereocenters. The van der Waals surface area contributed by atoms with Gasteiger partial charge in [-0.2, -0.15) is 13.2 Å². The predicted molar refractivity (Wildman–Crippen MR) is 33.6 cm³/mol. The van der Waals surface area contributed by atoms with Gasteiger partial charge in [0, 0.05) is 6.20 Å². The van der Waals surface area contributed by atoms with Crippen molar-refractivity contribution in [1.29, 1.82) is 0 Å². The van der Waals surface area contributed by atoms with Crippen molar-refractivity contribution in [3.05, 3.63) is 29.6 Å². The average molecular weight is 176 g/mol. The van der Waals surface area contributed by atoms with E-state index in [-0.39, 0.29) is 0 Å². The first-order chi connectivity index (χ1) is 5.55. The molecule has 65 valence electrons. The Morgan fingerprint density at radius 1 is 1.42 bits per heavy atom. The van der Waals surface area contributed by atoms with Gasteiger partial charge >= 0.3 is 6.18 Å². The van der Waals surface area contributed by atoms with E-state index in [1.807, 2.05) is 0 Å². The van der Waals surface area contributed by atoms with Gasteiger partial charge in [0.1, 0.15) is 6.61 Å². The molecule has 0 aliphatic rings. The van der Waals surface area contributed by atoms with Crippen molar-refractivity contribution in [2.45, 2.75) is 12.8 Å². The summed E-state index contributed by atoms with van der Waals surface area (Å²) in [6.07, 6.45) is -3.31. The Morgan fingerprint density at radius 2 is 2.08 bits per heavy atom. The van der Waals surface area contributed by atoms with Gasteiger partial charge in [-0.25, -0.2) is 5.11 Å². The smallest absolute Gasteiger partial charge is 0.258 e. The van der Waals surface area contributed by atoms with Crippen LogP contribution < -0.4 is 0 Å². The number of rotatable bonds is 1. The van der Waals surface area contributed by atoms with E-state index >= 15 is 0 Å². The van der Waals surface area contributed by atoms with Gasteiger partial charge in [0.2, 0.25) is 0 Å². The SMILES string of the molecule is [O]Cc1ncccc1C(F)(F)F. The predicted octanol–water partition coefficient (Wildman–Crippen LogP) is 2.03. The number of hydrogen-bond acceptors (Lipinski definition) is 1. The third-order valence-electron chi connectivity index (χ3n) is 1.33. The molecule has 0 fully saturated rings. The Bertz CT molecular complexity index is 272. The number of nitrogens with zero attached hydrogens (tertiary/aromatic N) is 1. The largest absolute Gasteiger partial charge is 0.418 e. The van der Waals surface area contributed by atoms with Crippen LogP contribution >= 0.6 is 0 Å². The molecule has 0 unspecified atom stereocenters. The molecule has 0 aliphatic heterocycles. The third-order valence-corrected chi connectivity index (χ3v) is 1.33. The fourth-order valence-corrected chi connectivity index (χ4v) is 0.811. The van der Waals surface area contributed by atoms with Crippen LogP contribution in [-0.4, -0.2) is 4.98 Å². The quantitative estimate of drug-likeness (QED) is 0.644. The second-order valence-corrected chi connectivity index (χ2v) is 2.14. The van der Waals surface area contributed by atoms with Gasteiger partial charge in [0.05, 0.1) is 11.3 Å². The van der Waals surface area contributed by atoms with Crippen LogP contribution in [0.3, 0.4) is 0 Å². The molecule has 0 bridgehead atoms. The lowest BCUT2D eigenvalue weighted by atomic mass is 10.2. The molecular weight excluding hydrogens is 171 g/mol. The summed E-state index contributed by atoms with van der Waals surface area (Å²) in [6, 6.07) is 2.00. The summed E-state index contributed by atoms with van der Waals surface area (Å²) < 4.78 is 36.2. The molecule has 1 rings (SSSR count). The van der Waals surface area contributed by atoms with Crippen molar-refractivity contribution < 1.29 is 18.3 Å². The van der Waals surface area contributed by atoms with Crippen molar-refractivity contribution in [2.24, 2.45) is 0 Å². The highest BCUT2D eigenvalue weighted by molar-refractivity contribution is 5.21. The summed E-state index contributed by atoms with van der Waals surface area (Å²) in [4.78, 5) is 3.33. The zero-order valence-electron chi connectivity index (χ0n) is 5.93. The summed E-state index contributed by atoms with van der Waals surface area (Å²) >= 11 is 0. The monoisotopic (exact) mass is 176 g/mol. The number of aromatic nitrogens is 1. The molecule has 0 aliphatic carbocycles. The topological polar surface area (TPSA) is 32.8 Å². The Hall–Kier alpha value is -1.10. The maximum atomic E-state index is 12.1. The Labute approximate surface area is 66.7 Å². The number of hydrogen-bond donors (Lipinski definition) is 0. The molecule has 2 nitrogen and oxygen atoms in total. The number of pyridine rings is 1. The molecule has 5 heteroatoms. The van der Waals surface area contributed by atoms with Gasteiger partial charge in [-0.15, -0.1) is 0 Å². The minimum Gasteiger partial charge on any atom is -0.258 e. The van der Waals surface area contributed by atoms with Crippen LogP contribution in [-0.2, 0) is 17.9 Å². The molecule has 12 heavy (non-hydrogen) atoms. The van der Waals surface area contributed by atoms with Crippen molar-refractivity contribution in [2.75, 3.05) is 0 Å². The molecule has 1 radical (unpaired) electrons. The molecular formula is C7H5F3NO. The summed E-state index contributed by atoms with van der Waals surface area (Å²) in [5.41, 5.74) is -1.40. The van der Waals surface area contributed by atoms with Crippen molar-refractivity contribution >= 4 is 0 Å². The molecule has 1 heterocycles. The minimum absolute atomic E-state index is 0.454. The normalized spacial score (nSPS) is 11.7. The molecule has 1 aromatic heterocycles. The number of halogens is 3. The Morgan fingerprint density at radius 3 is 2.50 bits per heavy atom. The van der Waals surface area contributed by atoms with E-state index < -0.39 is 24.0 Å². The van der Waals surface area contributed by atoms with Crippen LogP contribution in [0.1, 0.15) is 11.3 Å². The first-order valence-corrected chi connectivity index (χ1v) is 3.15. The summed E-state index contributed by atoms with van der Waals surface area (Å²) in [6.45, 7) is -0.949. The highest BCUT2D eigenvalue weighted by Gasteiger charge is 2.33. The zero-order valence-corrected chi connectivity index (χ0v) is 5.93. The first-order valence-electron chi connectivity index (χ1n) is 3.15. The number of alkyl halides is 3. The standard InChI is InChI=1S/C7H5F3NO/c8-7(9,10)5-2-1-3-11-6(5)4-12/h1-3H,4H2. The summed E-state index contributed by atoms with van der Waals surface area (Å²) in [5.74, 6) is 0. The summed E-state index contributed by atoms with van der Waals surface area (Å²) in [7, 11) is 0. The van der Waals surface area contributed by atoms with Crippen LogP contribution in [0.5, 0.6) is 0 Å². The lowest BCUT2D eigenvalue weighted by Gasteiger charge is -2.08. The van der Waals surface area contributed by atoms with E-state index in [2.05, 4.69) is 4.98 Å². The highest BCUT2D eigenvalue weighted by atomic mass is 19.4. The molecule has 0 amide bonds. The fourth-order valence-electron chi connectivity index (χ4n) is 0.811. The molecule has 0 N–H and O–H groups in total. The van der Waals surface area contributed by atoms with Gasteiger partial charge in [-0.3, -0.25) is 4.98 Å². The third kappa shape index (κ3) is 1.73. The van der Waals surface area contributed by atoms with E-state index in [1.165, 1.54) is 6.20 Å². The van der Waals surface area contributed by atoms with E-state index in [1.54, 1.807) is 0 Å². The molecule has 0 spiro atoms. The van der Waals surface area contributed by atoms with Crippen molar-refractivity contribution in [3.63, 3.8) is 0 Å². The van der Waals surface area contributed by atoms with Crippen molar-refractivity contribution in [3.8, 4) is 0 Å². The second kappa shape index (κ2) is 3.10. The van der Waals surface area contributed by atoms with Crippen LogP contribution in [0.2, 0.25) is 0 Å². The maximum Gasteiger partial charge on any atom is 0.418 e. The Kier molecular flexibility index (Phi) is 2.32. The lowest BCUT2D eigenvalue weighted by Crippen LogP contribution is -2.09. The summed E-state index contributed by atoms with van der Waals surface area (Å²) in [5, 5.41) is 10.2. The van der Waals surface area contributed by atoms with Crippen molar-refractivity contribution in [1.82, 2.24) is 4.98 Å². The molecule has 0 aromatic carbocycles. The van der Waals surface area contributed by atoms with Gasteiger partial charge in [-0.1, -0.05) is 0 Å². The molecule has 0 saturated carbocycles. The molecule has 0 saturated heterocycles. The van der Waals surface area contributed by atoms with Gasteiger partial charge in [0.15, 0.2) is 0 Å². The van der Waals surface area contributed by atoms with Crippen LogP contribution in [0.4, 0.5) is 13.2 Å². The zero-order chi connectivity index (χ0) is 9.19. The fraction of sp³-hybridized carbons (Fsp3) is 0.286. The van der Waals surface area contributed by atoms with Crippen LogP contribution in [0, 0.1) is 0 Å². The van der Waals surface area contributed by atoms with Crippen LogP contribution in [0.25, 0.3) is 0 Å². The van der Waals surface area contributed by atoms with E-state index in [0.29, 0.717) is 0 Å². The van der Waals surface area contributed by atoms with Gasteiger partial charge in [-0.05, 0) is 12.1 Å².